The molecule has 0 aliphatic rings. The molecule has 5 nitrogen and oxygen atoms in total. The topological polar surface area (TPSA) is 80.7 Å². The first-order valence-electron chi connectivity index (χ1n) is 4.47. The number of H-pyrrole nitrogens is 1. The second-order valence-corrected chi connectivity index (χ2v) is 3.21. The maximum Gasteiger partial charge on any atom is 0.147 e. The lowest BCUT2D eigenvalue weighted by Gasteiger charge is -2.01. The van der Waals surface area contributed by atoms with Crippen LogP contribution in [0, 0.1) is 0 Å². The summed E-state index contributed by atoms with van der Waals surface area (Å²) in [5.74, 6) is 0.443. The van der Waals surface area contributed by atoms with Gasteiger partial charge in [-0.15, -0.1) is 0 Å². The van der Waals surface area contributed by atoms with Crippen LogP contribution >= 0.6 is 0 Å². The largest absolute Gasteiger partial charge is 0.463 e. The molecule has 0 fully saturated rings. The third-order valence-electron chi connectivity index (χ3n) is 2.31. The molecule has 15 heavy (non-hydrogen) atoms. The van der Waals surface area contributed by atoms with Gasteiger partial charge in [0.05, 0.1) is 18.0 Å². The molecule has 3 rings (SSSR count). The molecule has 3 aromatic rings. The van der Waals surface area contributed by atoms with E-state index in [9.17, 15) is 0 Å². The average molecular weight is 200 g/mol. The Morgan fingerprint density at radius 1 is 1.33 bits per heavy atom. The quantitative estimate of drug-likeness (QED) is 0.627. The van der Waals surface area contributed by atoms with E-state index in [0.29, 0.717) is 5.82 Å². The Morgan fingerprint density at radius 3 is 3.07 bits per heavy atom. The molecule has 0 spiro atoms. The van der Waals surface area contributed by atoms with Crippen LogP contribution in [-0.4, -0.2) is 15.2 Å². The number of nitrogens with one attached hydrogen (secondary N) is 1. The first-order chi connectivity index (χ1) is 7.36. The fourth-order valence-electron chi connectivity index (χ4n) is 1.61. The summed E-state index contributed by atoms with van der Waals surface area (Å²) in [6.07, 6.45) is 6.76. The van der Waals surface area contributed by atoms with Crippen molar-refractivity contribution >= 4 is 16.8 Å². The number of nitrogen functional groups attached to an aromatic ring is 1. The first kappa shape index (κ1) is 8.05. The predicted molar refractivity (Wildman–Crippen MR) is 56.0 cm³/mol. The molecule has 0 bridgehead atoms. The van der Waals surface area contributed by atoms with E-state index in [4.69, 9.17) is 10.2 Å². The van der Waals surface area contributed by atoms with E-state index in [1.54, 1.807) is 24.9 Å². The van der Waals surface area contributed by atoms with Crippen molar-refractivity contribution in [2.45, 2.75) is 0 Å². The smallest absolute Gasteiger partial charge is 0.147 e. The summed E-state index contributed by atoms with van der Waals surface area (Å²) in [5.41, 5.74) is 8.22. The van der Waals surface area contributed by atoms with Crippen molar-refractivity contribution in [3.05, 3.63) is 30.9 Å². The van der Waals surface area contributed by atoms with Crippen LogP contribution in [-0.2, 0) is 0 Å². The Balaban J connectivity index is 2.41. The molecule has 74 valence electrons. The Morgan fingerprint density at radius 2 is 2.27 bits per heavy atom. The minimum absolute atomic E-state index is 0.443. The summed E-state index contributed by atoms with van der Waals surface area (Å²) in [4.78, 5) is 4.11. The summed E-state index contributed by atoms with van der Waals surface area (Å²) in [6.45, 7) is 0. The molecule has 0 saturated heterocycles. The highest BCUT2D eigenvalue weighted by Crippen LogP contribution is 2.32. The SMILES string of the molecule is Nc1ncc2ccoc2c1-c1cn[nH]c1. The maximum atomic E-state index is 5.82. The number of hydrogen-bond donors (Lipinski definition) is 2. The highest BCUT2D eigenvalue weighted by Gasteiger charge is 2.12. The van der Waals surface area contributed by atoms with Crippen molar-refractivity contribution in [1.82, 2.24) is 15.2 Å². The van der Waals surface area contributed by atoms with E-state index < -0.39 is 0 Å². The van der Waals surface area contributed by atoms with E-state index in [0.717, 1.165) is 22.1 Å². The van der Waals surface area contributed by atoms with Crippen LogP contribution in [0.4, 0.5) is 5.82 Å². The average Bonchev–Trinajstić information content (AvgIpc) is 2.85. The third-order valence-corrected chi connectivity index (χ3v) is 2.31. The van der Waals surface area contributed by atoms with E-state index in [2.05, 4.69) is 15.2 Å². The number of aromatic nitrogens is 3. The zero-order chi connectivity index (χ0) is 10.3. The number of aromatic amines is 1. The first-order valence-corrected chi connectivity index (χ1v) is 4.47. The summed E-state index contributed by atoms with van der Waals surface area (Å²) >= 11 is 0. The van der Waals surface area contributed by atoms with Crippen LogP contribution < -0.4 is 5.73 Å². The number of rotatable bonds is 1. The number of nitrogens with zero attached hydrogens (tertiary/aromatic N) is 2. The molecule has 0 atom stereocenters. The Labute approximate surface area is 84.9 Å². The molecule has 0 aliphatic heterocycles. The molecule has 0 aromatic carbocycles. The predicted octanol–water partition coefficient (Wildman–Crippen LogP) is 1.80. The summed E-state index contributed by atoms with van der Waals surface area (Å²) < 4.78 is 5.39. The standard InChI is InChI=1S/C10H8N4O/c11-10-8(7-4-13-14-5-7)9-6(3-12-10)1-2-15-9/h1-5H,(H2,11,12)(H,13,14). The van der Waals surface area contributed by atoms with Crippen molar-refractivity contribution in [2.24, 2.45) is 0 Å². The number of fused-ring (bicyclic) bond motifs is 1. The van der Waals surface area contributed by atoms with Gasteiger partial charge < -0.3 is 10.2 Å². The van der Waals surface area contributed by atoms with Gasteiger partial charge in [0.2, 0.25) is 0 Å². The molecule has 0 amide bonds. The van der Waals surface area contributed by atoms with Gasteiger partial charge in [0.25, 0.3) is 0 Å². The molecule has 3 heterocycles. The van der Waals surface area contributed by atoms with Crippen LogP contribution in [0.15, 0.2) is 35.3 Å². The fourth-order valence-corrected chi connectivity index (χ4v) is 1.61. The molecule has 0 unspecified atom stereocenters. The number of anilines is 1. The number of hydrogen-bond acceptors (Lipinski definition) is 4. The summed E-state index contributed by atoms with van der Waals surface area (Å²) in [7, 11) is 0. The molecule has 0 radical (unpaired) electrons. The van der Waals surface area contributed by atoms with Gasteiger partial charge in [0.15, 0.2) is 0 Å². The van der Waals surface area contributed by atoms with Crippen molar-refractivity contribution in [1.29, 1.82) is 0 Å². The molecule has 3 N–H and O–H groups in total. The summed E-state index contributed by atoms with van der Waals surface area (Å²) in [6, 6.07) is 1.85. The van der Waals surface area contributed by atoms with Crippen LogP contribution in [0.25, 0.3) is 22.1 Å². The van der Waals surface area contributed by atoms with E-state index in [1.165, 1.54) is 0 Å². The second-order valence-electron chi connectivity index (χ2n) is 3.21. The number of furan rings is 1. The van der Waals surface area contributed by atoms with Gasteiger partial charge in [-0.2, -0.15) is 5.10 Å². The fraction of sp³-hybridized carbons (Fsp3) is 0. The van der Waals surface area contributed by atoms with Gasteiger partial charge in [0, 0.05) is 23.3 Å². The van der Waals surface area contributed by atoms with Crippen LogP contribution in [0.1, 0.15) is 0 Å². The lowest BCUT2D eigenvalue weighted by molar-refractivity contribution is 0.617. The zero-order valence-electron chi connectivity index (χ0n) is 7.77. The molecule has 0 saturated carbocycles. The van der Waals surface area contributed by atoms with Crippen LogP contribution in [0.3, 0.4) is 0 Å². The van der Waals surface area contributed by atoms with Gasteiger partial charge in [-0.1, -0.05) is 0 Å². The minimum Gasteiger partial charge on any atom is -0.463 e. The normalized spacial score (nSPS) is 10.9. The lowest BCUT2D eigenvalue weighted by Crippen LogP contribution is -1.93. The van der Waals surface area contributed by atoms with Gasteiger partial charge in [-0.05, 0) is 6.07 Å². The van der Waals surface area contributed by atoms with Crippen molar-refractivity contribution in [3.8, 4) is 11.1 Å². The van der Waals surface area contributed by atoms with Gasteiger partial charge >= 0.3 is 0 Å². The minimum atomic E-state index is 0.443. The van der Waals surface area contributed by atoms with Crippen molar-refractivity contribution in [2.75, 3.05) is 5.73 Å². The molecular formula is C10H8N4O. The second kappa shape index (κ2) is 2.84. The third kappa shape index (κ3) is 1.10. The molecule has 5 heteroatoms. The van der Waals surface area contributed by atoms with E-state index >= 15 is 0 Å². The summed E-state index contributed by atoms with van der Waals surface area (Å²) in [5, 5.41) is 7.55. The van der Waals surface area contributed by atoms with E-state index in [-0.39, 0.29) is 0 Å². The lowest BCUT2D eigenvalue weighted by atomic mass is 10.1. The highest BCUT2D eigenvalue weighted by atomic mass is 16.3. The monoisotopic (exact) mass is 200 g/mol. The number of pyridine rings is 1. The van der Waals surface area contributed by atoms with E-state index in [1.807, 2.05) is 6.07 Å². The van der Waals surface area contributed by atoms with Gasteiger partial charge in [-0.3, -0.25) is 5.10 Å². The highest BCUT2D eigenvalue weighted by molar-refractivity contribution is 5.96. The Kier molecular flexibility index (Phi) is 1.53. The number of nitrogens with two attached hydrogens (primary N) is 1. The molecular weight excluding hydrogens is 192 g/mol. The van der Waals surface area contributed by atoms with Gasteiger partial charge in [-0.25, -0.2) is 4.98 Å². The van der Waals surface area contributed by atoms with Gasteiger partial charge in [0.1, 0.15) is 11.4 Å². The van der Waals surface area contributed by atoms with Crippen LogP contribution in [0.5, 0.6) is 0 Å². The van der Waals surface area contributed by atoms with Crippen molar-refractivity contribution < 1.29 is 4.42 Å². The maximum absolute atomic E-state index is 5.82. The van der Waals surface area contributed by atoms with Crippen molar-refractivity contribution in [3.63, 3.8) is 0 Å². The Bertz CT molecular complexity index is 597. The molecule has 3 aromatic heterocycles. The zero-order valence-corrected chi connectivity index (χ0v) is 7.77. The van der Waals surface area contributed by atoms with Crippen LogP contribution in [0.2, 0.25) is 0 Å². The molecule has 0 aliphatic carbocycles. The Hall–Kier alpha value is -2.30.